The molecule has 0 saturated carbocycles. The Morgan fingerprint density at radius 2 is 2.30 bits per heavy atom. The summed E-state index contributed by atoms with van der Waals surface area (Å²) in [4.78, 5) is 10.3. The molecule has 0 fully saturated rings. The molecule has 0 aromatic rings. The fraction of sp³-hybridized carbons (Fsp3) is 0.167. The molecule has 10 heavy (non-hydrogen) atoms. The van der Waals surface area contributed by atoms with E-state index in [1.165, 1.54) is 6.11 Å². The van der Waals surface area contributed by atoms with Crippen LogP contribution in [0.2, 0.25) is 0 Å². The van der Waals surface area contributed by atoms with Crippen molar-refractivity contribution in [2.24, 2.45) is 0 Å². The second-order valence-corrected chi connectivity index (χ2v) is 1.31. The minimum absolute atomic E-state index is 0.255. The van der Waals surface area contributed by atoms with Gasteiger partial charge in [-0.1, -0.05) is 0 Å². The third kappa shape index (κ3) is 3.38. The Balaban J connectivity index is 3.57. The van der Waals surface area contributed by atoms with Crippen LogP contribution in [0, 0.1) is 12.0 Å². The highest BCUT2D eigenvalue weighted by Crippen LogP contribution is 1.86. The first kappa shape index (κ1) is 8.37. The number of hydrogen-bond acceptors (Lipinski definition) is 4. The zero-order chi connectivity index (χ0) is 7.98. The Kier molecular flexibility index (Phi) is 3.57. The summed E-state index contributed by atoms with van der Waals surface area (Å²) >= 11 is 0. The van der Waals surface area contributed by atoms with Gasteiger partial charge in [-0.15, -0.1) is 0 Å². The first-order valence-corrected chi connectivity index (χ1v) is 2.35. The number of carbonyl (C=O) groups is 1. The van der Waals surface area contributed by atoms with Crippen molar-refractivity contribution < 1.29 is 19.7 Å². The molecule has 0 saturated heterocycles. The molecule has 0 aliphatic carbocycles. The maximum absolute atomic E-state index is 10.3. The number of aliphatic hydroxyl groups is 2. The van der Waals surface area contributed by atoms with Crippen LogP contribution < -0.4 is 0 Å². The predicted molar refractivity (Wildman–Crippen MR) is 32.4 cm³/mol. The molecule has 0 aromatic carbocycles. The van der Waals surface area contributed by atoms with Crippen molar-refractivity contribution in [1.29, 1.82) is 0 Å². The number of hydrogen-bond donors (Lipinski definition) is 2. The zero-order valence-electron chi connectivity index (χ0n) is 5.13. The van der Waals surface area contributed by atoms with Crippen LogP contribution in [0.3, 0.4) is 0 Å². The normalized spacial score (nSPS) is 7.20. The predicted octanol–water partition coefficient (Wildman–Crippen LogP) is -0.0653. The molecule has 54 valence electrons. The average molecular weight is 142 g/mol. The lowest BCUT2D eigenvalue weighted by Gasteiger charge is -1.95. The summed E-state index contributed by atoms with van der Waals surface area (Å²) in [6, 6.07) is 0. The van der Waals surface area contributed by atoms with Crippen molar-refractivity contribution in [1.82, 2.24) is 0 Å². The summed E-state index contributed by atoms with van der Waals surface area (Å²) < 4.78 is 4.22. The monoisotopic (exact) mass is 142 g/mol. The topological polar surface area (TPSA) is 66.8 Å². The van der Waals surface area contributed by atoms with Crippen LogP contribution in [0.1, 0.15) is 0 Å². The van der Waals surface area contributed by atoms with Gasteiger partial charge in [-0.3, -0.25) is 0 Å². The SMILES string of the molecule is C=C(O)C(=O)OCC#CO. The Labute approximate surface area is 57.7 Å². The lowest BCUT2D eigenvalue weighted by molar-refractivity contribution is -0.140. The van der Waals surface area contributed by atoms with Crippen molar-refractivity contribution in [3.8, 4) is 12.0 Å². The minimum Gasteiger partial charge on any atom is -0.502 e. The summed E-state index contributed by atoms with van der Waals surface area (Å²) in [5.74, 6) is 0.422. The third-order valence-corrected chi connectivity index (χ3v) is 0.590. The van der Waals surface area contributed by atoms with Crippen LogP contribution in [0.25, 0.3) is 0 Å². The van der Waals surface area contributed by atoms with Crippen LogP contribution in [0.15, 0.2) is 12.3 Å². The molecule has 0 aliphatic heterocycles. The Hall–Kier alpha value is -1.63. The molecular formula is C6H6O4. The summed E-state index contributed by atoms with van der Waals surface area (Å²) in [5, 5.41) is 16.2. The van der Waals surface area contributed by atoms with Crippen molar-refractivity contribution in [3.05, 3.63) is 12.3 Å². The van der Waals surface area contributed by atoms with E-state index in [1.54, 1.807) is 0 Å². The van der Waals surface area contributed by atoms with E-state index >= 15 is 0 Å². The average Bonchev–Trinajstić information content (AvgIpc) is 1.88. The minimum atomic E-state index is -0.942. The van der Waals surface area contributed by atoms with Crippen molar-refractivity contribution >= 4 is 5.97 Å². The lowest BCUT2D eigenvalue weighted by atomic mass is 10.6. The van der Waals surface area contributed by atoms with Crippen molar-refractivity contribution in [2.75, 3.05) is 6.61 Å². The molecule has 0 heterocycles. The number of esters is 1. The van der Waals surface area contributed by atoms with Gasteiger partial charge in [-0.25, -0.2) is 4.79 Å². The molecule has 0 amide bonds. The highest BCUT2D eigenvalue weighted by Gasteiger charge is 2.02. The molecule has 0 radical (unpaired) electrons. The standard InChI is InChI=1S/C6H6O4/c1-5(8)6(9)10-4-2-3-7/h7-8H,1,4H2. The van der Waals surface area contributed by atoms with E-state index in [1.807, 2.05) is 5.92 Å². The smallest absolute Gasteiger partial charge is 0.373 e. The van der Waals surface area contributed by atoms with E-state index in [9.17, 15) is 4.79 Å². The van der Waals surface area contributed by atoms with Crippen molar-refractivity contribution in [2.45, 2.75) is 0 Å². The van der Waals surface area contributed by atoms with E-state index in [4.69, 9.17) is 10.2 Å². The maximum atomic E-state index is 10.3. The number of carbonyl (C=O) groups excluding carboxylic acids is 1. The van der Waals surface area contributed by atoms with Crippen molar-refractivity contribution in [3.63, 3.8) is 0 Å². The Morgan fingerprint density at radius 3 is 2.70 bits per heavy atom. The van der Waals surface area contributed by atoms with Gasteiger partial charge in [0.25, 0.3) is 0 Å². The third-order valence-electron chi connectivity index (χ3n) is 0.590. The largest absolute Gasteiger partial charge is 0.502 e. The van der Waals surface area contributed by atoms with Gasteiger partial charge in [-0.05, 0) is 12.5 Å². The number of aliphatic hydroxyl groups excluding tert-OH is 2. The number of ether oxygens (including phenoxy) is 1. The van der Waals surface area contributed by atoms with Crippen LogP contribution in [-0.2, 0) is 9.53 Å². The molecule has 0 unspecified atom stereocenters. The van der Waals surface area contributed by atoms with Gasteiger partial charge >= 0.3 is 5.97 Å². The first-order chi connectivity index (χ1) is 4.68. The highest BCUT2D eigenvalue weighted by atomic mass is 16.5. The van der Waals surface area contributed by atoms with Crippen LogP contribution in [-0.4, -0.2) is 22.8 Å². The maximum Gasteiger partial charge on any atom is 0.373 e. The second-order valence-electron chi connectivity index (χ2n) is 1.31. The Morgan fingerprint density at radius 1 is 1.70 bits per heavy atom. The molecule has 0 rings (SSSR count). The molecule has 4 heteroatoms. The summed E-state index contributed by atoms with van der Waals surface area (Å²) in [6.45, 7) is 2.65. The summed E-state index contributed by atoms with van der Waals surface area (Å²) in [7, 11) is 0. The highest BCUT2D eigenvalue weighted by molar-refractivity contribution is 5.84. The molecule has 2 N–H and O–H groups in total. The molecule has 0 aromatic heterocycles. The fourth-order valence-electron chi connectivity index (χ4n) is 0.217. The van der Waals surface area contributed by atoms with Gasteiger partial charge in [0.15, 0.2) is 12.4 Å². The summed E-state index contributed by atoms with van der Waals surface area (Å²) in [5.41, 5.74) is 0. The molecule has 4 nitrogen and oxygen atoms in total. The van der Waals surface area contributed by atoms with Gasteiger partial charge in [-0.2, -0.15) is 0 Å². The summed E-state index contributed by atoms with van der Waals surface area (Å²) in [6.07, 6.45) is 1.52. The van der Waals surface area contributed by atoms with Gasteiger partial charge in [0.05, 0.1) is 0 Å². The zero-order valence-corrected chi connectivity index (χ0v) is 5.13. The van der Waals surface area contributed by atoms with Gasteiger partial charge < -0.3 is 14.9 Å². The van der Waals surface area contributed by atoms with Gasteiger partial charge in [0.2, 0.25) is 0 Å². The second kappa shape index (κ2) is 4.27. The molecule has 0 atom stereocenters. The lowest BCUT2D eigenvalue weighted by Crippen LogP contribution is -2.06. The van der Waals surface area contributed by atoms with E-state index < -0.39 is 11.7 Å². The van der Waals surface area contributed by atoms with E-state index in [0.29, 0.717) is 0 Å². The fourth-order valence-corrected chi connectivity index (χ4v) is 0.217. The Bertz CT molecular complexity index is 196. The van der Waals surface area contributed by atoms with Crippen LogP contribution in [0.5, 0.6) is 0 Å². The molecule has 0 aliphatic rings. The molecule has 0 spiro atoms. The van der Waals surface area contributed by atoms with Gasteiger partial charge in [0.1, 0.15) is 6.11 Å². The van der Waals surface area contributed by atoms with E-state index in [0.717, 1.165) is 0 Å². The van der Waals surface area contributed by atoms with Crippen LogP contribution in [0.4, 0.5) is 0 Å². The molecular weight excluding hydrogens is 136 g/mol. The number of rotatable bonds is 2. The first-order valence-electron chi connectivity index (χ1n) is 2.35. The quantitative estimate of drug-likeness (QED) is 0.245. The van der Waals surface area contributed by atoms with Gasteiger partial charge in [0, 0.05) is 0 Å². The van der Waals surface area contributed by atoms with E-state index in [-0.39, 0.29) is 6.61 Å². The van der Waals surface area contributed by atoms with E-state index in [2.05, 4.69) is 11.3 Å². The van der Waals surface area contributed by atoms with Crippen LogP contribution >= 0.6 is 0 Å². The molecule has 0 bridgehead atoms.